The average molecular weight is 539 g/mol. The Bertz CT molecular complexity index is 1170. The van der Waals surface area contributed by atoms with E-state index in [0.29, 0.717) is 0 Å². The molecule has 0 saturated carbocycles. The summed E-state index contributed by atoms with van der Waals surface area (Å²) in [5.41, 5.74) is 10.2. The van der Waals surface area contributed by atoms with Crippen molar-refractivity contribution in [3.63, 3.8) is 0 Å². The van der Waals surface area contributed by atoms with Crippen LogP contribution in [-0.2, 0) is 5.41 Å². The number of fused-ring (bicyclic) bond motifs is 3. The molecule has 0 atom stereocenters. The lowest BCUT2D eigenvalue weighted by molar-refractivity contribution is 0.242. The van der Waals surface area contributed by atoms with Crippen molar-refractivity contribution in [2.45, 2.75) is 136 Å². The Balaban J connectivity index is 1.68. The number of hydrogen-bond donors (Lipinski definition) is 0. The Morgan fingerprint density at radius 1 is 0.575 bits per heavy atom. The predicted molar refractivity (Wildman–Crippen MR) is 175 cm³/mol. The van der Waals surface area contributed by atoms with Gasteiger partial charge in [-0.3, -0.25) is 0 Å². The molecule has 0 heterocycles. The van der Waals surface area contributed by atoms with E-state index in [-0.39, 0.29) is 11.5 Å². The Morgan fingerprint density at radius 2 is 1.07 bits per heavy atom. The summed E-state index contributed by atoms with van der Waals surface area (Å²) in [6, 6.07) is 23.3. The molecule has 4 rings (SSSR count). The van der Waals surface area contributed by atoms with Gasteiger partial charge in [-0.25, -0.2) is 0 Å². The second kappa shape index (κ2) is 14.9. The fraction of sp³-hybridized carbons (Fsp3) is 0.538. The summed E-state index contributed by atoms with van der Waals surface area (Å²) in [6.07, 6.45) is 19.0. The quantitative estimate of drug-likeness (QED) is 0.155. The van der Waals surface area contributed by atoms with Crippen LogP contribution in [0.25, 0.3) is 22.3 Å². The van der Waals surface area contributed by atoms with Crippen LogP contribution in [0, 0.1) is 6.92 Å². The van der Waals surface area contributed by atoms with Crippen LogP contribution in [0.5, 0.6) is 5.75 Å². The van der Waals surface area contributed by atoms with E-state index < -0.39 is 0 Å². The van der Waals surface area contributed by atoms with Crippen molar-refractivity contribution in [3.05, 3.63) is 77.4 Å². The minimum atomic E-state index is 0.128. The molecule has 0 bridgehead atoms. The summed E-state index contributed by atoms with van der Waals surface area (Å²) >= 11 is 0. The molecular weight excluding hydrogens is 484 g/mol. The van der Waals surface area contributed by atoms with Crippen LogP contribution in [0.3, 0.4) is 0 Å². The highest BCUT2D eigenvalue weighted by Crippen LogP contribution is 2.55. The van der Waals surface area contributed by atoms with E-state index in [1.54, 1.807) is 11.1 Å². The van der Waals surface area contributed by atoms with Crippen LogP contribution in [-0.4, -0.2) is 6.10 Å². The fourth-order valence-corrected chi connectivity index (χ4v) is 6.86. The molecule has 0 radical (unpaired) electrons. The number of unbranched alkanes of at least 4 members (excludes halogenated alkanes) is 10. The molecule has 0 aliphatic heterocycles. The van der Waals surface area contributed by atoms with Crippen molar-refractivity contribution < 1.29 is 4.74 Å². The van der Waals surface area contributed by atoms with E-state index >= 15 is 0 Å². The zero-order valence-electron chi connectivity index (χ0n) is 26.2. The minimum Gasteiger partial charge on any atom is -0.491 e. The van der Waals surface area contributed by atoms with Gasteiger partial charge in [0.2, 0.25) is 0 Å². The third-order valence-corrected chi connectivity index (χ3v) is 8.99. The van der Waals surface area contributed by atoms with Gasteiger partial charge in [-0.2, -0.15) is 0 Å². The van der Waals surface area contributed by atoms with E-state index in [4.69, 9.17) is 4.74 Å². The lowest BCUT2D eigenvalue weighted by Gasteiger charge is -2.33. The first-order valence-electron chi connectivity index (χ1n) is 16.5. The molecule has 3 aromatic rings. The van der Waals surface area contributed by atoms with Gasteiger partial charge in [0.1, 0.15) is 5.75 Å². The summed E-state index contributed by atoms with van der Waals surface area (Å²) in [5, 5.41) is 0. The fourth-order valence-electron chi connectivity index (χ4n) is 6.86. The van der Waals surface area contributed by atoms with Gasteiger partial charge < -0.3 is 4.74 Å². The molecule has 1 nitrogen and oxygen atoms in total. The van der Waals surface area contributed by atoms with Gasteiger partial charge in [0.05, 0.1) is 6.10 Å². The topological polar surface area (TPSA) is 9.23 Å². The summed E-state index contributed by atoms with van der Waals surface area (Å²) in [4.78, 5) is 0. The highest BCUT2D eigenvalue weighted by molar-refractivity contribution is 5.84. The number of benzene rings is 3. The molecule has 40 heavy (non-hydrogen) atoms. The molecule has 0 spiro atoms. The van der Waals surface area contributed by atoms with Crippen molar-refractivity contribution in [1.82, 2.24) is 0 Å². The molecule has 0 unspecified atom stereocenters. The summed E-state index contributed by atoms with van der Waals surface area (Å²) in [6.45, 7) is 11.1. The SMILES string of the molecule is CCCCCCCCC1(CCCCCCCC)c2cc(C)ccc2-c2ccc(-c3ccc(OC(C)C)cc3)cc21. The molecule has 0 amide bonds. The lowest BCUT2D eigenvalue weighted by atomic mass is 9.70. The molecule has 0 saturated heterocycles. The first-order valence-corrected chi connectivity index (χ1v) is 16.5. The van der Waals surface area contributed by atoms with Crippen LogP contribution in [0.1, 0.15) is 134 Å². The Hall–Kier alpha value is -2.54. The van der Waals surface area contributed by atoms with E-state index in [1.807, 2.05) is 0 Å². The van der Waals surface area contributed by atoms with E-state index in [0.717, 1.165) is 5.75 Å². The monoisotopic (exact) mass is 538 g/mol. The van der Waals surface area contributed by atoms with Crippen molar-refractivity contribution in [2.75, 3.05) is 0 Å². The standard InChI is InChI=1S/C39H54O/c1-6-8-10-12-14-16-26-39(27-17-15-13-11-9-7-2)37-28-31(5)18-24-35(37)36-25-21-33(29-38(36)39)32-19-22-34(23-20-32)40-30(3)4/h18-25,28-30H,6-17,26-27H2,1-5H3. The van der Waals surface area contributed by atoms with E-state index in [2.05, 4.69) is 95.3 Å². The maximum Gasteiger partial charge on any atom is 0.119 e. The van der Waals surface area contributed by atoms with Crippen molar-refractivity contribution in [1.29, 1.82) is 0 Å². The molecule has 1 aliphatic rings. The first-order chi connectivity index (χ1) is 19.5. The van der Waals surface area contributed by atoms with Gasteiger partial charge in [0.25, 0.3) is 0 Å². The second-order valence-electron chi connectivity index (χ2n) is 12.6. The molecular formula is C39H54O. The van der Waals surface area contributed by atoms with Crippen molar-refractivity contribution in [2.24, 2.45) is 0 Å². The molecule has 216 valence electrons. The number of aryl methyl sites for hydroxylation is 1. The molecule has 1 aliphatic carbocycles. The van der Waals surface area contributed by atoms with Crippen LogP contribution < -0.4 is 4.74 Å². The lowest BCUT2D eigenvalue weighted by Crippen LogP contribution is -2.25. The van der Waals surface area contributed by atoms with Gasteiger partial charge in [-0.1, -0.05) is 139 Å². The van der Waals surface area contributed by atoms with Crippen LogP contribution in [0.15, 0.2) is 60.7 Å². The van der Waals surface area contributed by atoms with Crippen LogP contribution >= 0.6 is 0 Å². The first kappa shape index (κ1) is 30.4. The Labute approximate surface area is 245 Å². The van der Waals surface area contributed by atoms with Crippen molar-refractivity contribution in [3.8, 4) is 28.0 Å². The van der Waals surface area contributed by atoms with Gasteiger partial charge in [0, 0.05) is 5.41 Å². The average Bonchev–Trinajstić information content (AvgIpc) is 3.21. The molecule has 0 N–H and O–H groups in total. The predicted octanol–water partition coefficient (Wildman–Crippen LogP) is 12.2. The molecule has 1 heteroatoms. The van der Waals surface area contributed by atoms with Gasteiger partial charge >= 0.3 is 0 Å². The van der Waals surface area contributed by atoms with Gasteiger partial charge in [-0.05, 0) is 85.2 Å². The second-order valence-corrected chi connectivity index (χ2v) is 12.6. The number of ether oxygens (including phenoxy) is 1. The normalized spacial score (nSPS) is 13.4. The maximum atomic E-state index is 5.92. The molecule has 3 aromatic carbocycles. The minimum absolute atomic E-state index is 0.128. The Morgan fingerprint density at radius 3 is 1.65 bits per heavy atom. The molecule has 0 fully saturated rings. The Kier molecular flexibility index (Phi) is 11.3. The van der Waals surface area contributed by atoms with E-state index in [1.165, 1.54) is 118 Å². The van der Waals surface area contributed by atoms with Crippen molar-refractivity contribution >= 4 is 0 Å². The highest BCUT2D eigenvalue weighted by atomic mass is 16.5. The summed E-state index contributed by atoms with van der Waals surface area (Å²) in [7, 11) is 0. The van der Waals surface area contributed by atoms with Gasteiger partial charge in [-0.15, -0.1) is 0 Å². The highest BCUT2D eigenvalue weighted by Gasteiger charge is 2.42. The van der Waals surface area contributed by atoms with Crippen LogP contribution in [0.2, 0.25) is 0 Å². The zero-order chi connectivity index (χ0) is 28.4. The van der Waals surface area contributed by atoms with Crippen LogP contribution in [0.4, 0.5) is 0 Å². The van der Waals surface area contributed by atoms with Gasteiger partial charge in [0.15, 0.2) is 0 Å². The summed E-state index contributed by atoms with van der Waals surface area (Å²) < 4.78 is 5.92. The summed E-state index contributed by atoms with van der Waals surface area (Å²) in [5.74, 6) is 0.947. The number of hydrogen-bond acceptors (Lipinski definition) is 1. The maximum absolute atomic E-state index is 5.92. The smallest absolute Gasteiger partial charge is 0.119 e. The molecule has 0 aromatic heterocycles. The largest absolute Gasteiger partial charge is 0.491 e. The third kappa shape index (κ3) is 7.39. The third-order valence-electron chi connectivity index (χ3n) is 8.99. The zero-order valence-corrected chi connectivity index (χ0v) is 26.2. The van der Waals surface area contributed by atoms with E-state index in [9.17, 15) is 0 Å². The number of rotatable bonds is 17.